The summed E-state index contributed by atoms with van der Waals surface area (Å²) in [7, 11) is 0. The van der Waals surface area contributed by atoms with Crippen LogP contribution in [0.2, 0.25) is 0 Å². The number of aromatic nitrogens is 2. The monoisotopic (exact) mass is 318 g/mol. The van der Waals surface area contributed by atoms with E-state index >= 15 is 0 Å². The average molecular weight is 318 g/mol. The molecule has 0 aliphatic rings. The molecule has 110 valence electrons. The molecule has 0 unspecified atom stereocenters. The minimum Gasteiger partial charge on any atom is -0.390 e. The maximum atomic E-state index is 9.58. The van der Waals surface area contributed by atoms with Crippen molar-refractivity contribution in [3.05, 3.63) is 47.1 Å². The first-order valence-electron chi connectivity index (χ1n) is 6.83. The van der Waals surface area contributed by atoms with Crippen LogP contribution in [-0.4, -0.2) is 14.5 Å². The molecule has 0 spiro atoms. The predicted molar refractivity (Wildman–Crippen MR) is 88.3 cm³/mol. The summed E-state index contributed by atoms with van der Waals surface area (Å²) in [6, 6.07) is 8.58. The SMILES string of the molecule is CC(C)(C)c1ccc(Sc2nc3sccn3c2CO)cc1. The largest absolute Gasteiger partial charge is 0.390 e. The van der Waals surface area contributed by atoms with Crippen molar-refractivity contribution in [1.29, 1.82) is 0 Å². The third-order valence-electron chi connectivity index (χ3n) is 3.41. The van der Waals surface area contributed by atoms with E-state index in [-0.39, 0.29) is 12.0 Å². The molecule has 3 nitrogen and oxygen atoms in total. The van der Waals surface area contributed by atoms with Crippen molar-refractivity contribution in [3.8, 4) is 0 Å². The lowest BCUT2D eigenvalue weighted by Crippen LogP contribution is -2.10. The highest BCUT2D eigenvalue weighted by atomic mass is 32.2. The van der Waals surface area contributed by atoms with Crippen LogP contribution in [0.15, 0.2) is 45.8 Å². The van der Waals surface area contributed by atoms with Gasteiger partial charge in [0.05, 0.1) is 12.3 Å². The van der Waals surface area contributed by atoms with Gasteiger partial charge in [0.2, 0.25) is 0 Å². The number of hydrogen-bond acceptors (Lipinski definition) is 4. The van der Waals surface area contributed by atoms with Crippen molar-refractivity contribution in [2.75, 3.05) is 0 Å². The van der Waals surface area contributed by atoms with Crippen molar-refractivity contribution < 1.29 is 5.11 Å². The lowest BCUT2D eigenvalue weighted by Gasteiger charge is -2.18. The molecule has 1 aromatic carbocycles. The first kappa shape index (κ1) is 14.6. The lowest BCUT2D eigenvalue weighted by atomic mass is 9.87. The van der Waals surface area contributed by atoms with Gasteiger partial charge in [-0.25, -0.2) is 4.98 Å². The van der Waals surface area contributed by atoms with E-state index in [9.17, 15) is 5.11 Å². The smallest absolute Gasteiger partial charge is 0.195 e. The molecule has 0 bridgehead atoms. The van der Waals surface area contributed by atoms with Crippen molar-refractivity contribution >= 4 is 28.1 Å². The summed E-state index contributed by atoms with van der Waals surface area (Å²) in [6.07, 6.45) is 1.95. The summed E-state index contributed by atoms with van der Waals surface area (Å²) in [5, 5.41) is 12.4. The van der Waals surface area contributed by atoms with Crippen molar-refractivity contribution in [3.63, 3.8) is 0 Å². The van der Waals surface area contributed by atoms with Gasteiger partial charge in [-0.3, -0.25) is 4.40 Å². The Morgan fingerprint density at radius 3 is 2.57 bits per heavy atom. The summed E-state index contributed by atoms with van der Waals surface area (Å²) < 4.78 is 1.95. The first-order valence-corrected chi connectivity index (χ1v) is 8.52. The second-order valence-corrected chi connectivity index (χ2v) is 7.89. The van der Waals surface area contributed by atoms with Crippen LogP contribution in [0.3, 0.4) is 0 Å². The Labute approximate surface area is 132 Å². The summed E-state index contributed by atoms with van der Waals surface area (Å²) in [6.45, 7) is 6.63. The fourth-order valence-electron chi connectivity index (χ4n) is 2.17. The van der Waals surface area contributed by atoms with E-state index in [1.165, 1.54) is 5.56 Å². The fourth-order valence-corrected chi connectivity index (χ4v) is 3.87. The number of aliphatic hydroxyl groups excluding tert-OH is 1. The highest BCUT2D eigenvalue weighted by Crippen LogP contribution is 2.33. The first-order chi connectivity index (χ1) is 9.99. The van der Waals surface area contributed by atoms with Crippen LogP contribution in [0.1, 0.15) is 32.0 Å². The number of thiazole rings is 1. The van der Waals surface area contributed by atoms with Gasteiger partial charge in [-0.05, 0) is 23.1 Å². The molecular weight excluding hydrogens is 300 g/mol. The highest BCUT2D eigenvalue weighted by Gasteiger charge is 2.15. The third kappa shape index (κ3) is 2.86. The van der Waals surface area contributed by atoms with Gasteiger partial charge in [0, 0.05) is 16.5 Å². The summed E-state index contributed by atoms with van der Waals surface area (Å²) in [5.41, 5.74) is 2.34. The van der Waals surface area contributed by atoms with Crippen molar-refractivity contribution in [2.45, 2.75) is 42.7 Å². The minimum absolute atomic E-state index is 0.000306. The van der Waals surface area contributed by atoms with E-state index in [1.54, 1.807) is 23.1 Å². The number of fused-ring (bicyclic) bond motifs is 1. The topological polar surface area (TPSA) is 37.5 Å². The number of imidazole rings is 1. The van der Waals surface area contributed by atoms with Gasteiger partial charge in [0.25, 0.3) is 0 Å². The van der Waals surface area contributed by atoms with Crippen LogP contribution in [0.25, 0.3) is 4.96 Å². The zero-order valence-electron chi connectivity index (χ0n) is 12.3. The van der Waals surface area contributed by atoms with Gasteiger partial charge in [-0.1, -0.05) is 44.7 Å². The molecule has 21 heavy (non-hydrogen) atoms. The van der Waals surface area contributed by atoms with Gasteiger partial charge in [-0.15, -0.1) is 11.3 Å². The van der Waals surface area contributed by atoms with Gasteiger partial charge >= 0.3 is 0 Å². The Morgan fingerprint density at radius 2 is 1.95 bits per heavy atom. The van der Waals surface area contributed by atoms with E-state index in [2.05, 4.69) is 50.0 Å². The molecule has 1 N–H and O–H groups in total. The zero-order valence-corrected chi connectivity index (χ0v) is 14.0. The second kappa shape index (κ2) is 5.48. The Balaban J connectivity index is 1.89. The molecule has 2 heterocycles. The maximum absolute atomic E-state index is 9.58. The lowest BCUT2D eigenvalue weighted by molar-refractivity contribution is 0.272. The number of rotatable bonds is 3. The van der Waals surface area contributed by atoms with Crippen LogP contribution in [0, 0.1) is 0 Å². The third-order valence-corrected chi connectivity index (χ3v) is 5.19. The van der Waals surface area contributed by atoms with Gasteiger partial charge in [-0.2, -0.15) is 0 Å². The fraction of sp³-hybridized carbons (Fsp3) is 0.312. The molecule has 0 amide bonds. The van der Waals surface area contributed by atoms with E-state index in [0.717, 1.165) is 20.6 Å². The predicted octanol–water partition coefficient (Wildman–Crippen LogP) is 4.34. The zero-order chi connectivity index (χ0) is 15.0. The normalized spacial score (nSPS) is 12.2. The highest BCUT2D eigenvalue weighted by molar-refractivity contribution is 7.99. The number of benzene rings is 1. The van der Waals surface area contributed by atoms with Gasteiger partial charge in [0.1, 0.15) is 5.03 Å². The van der Waals surface area contributed by atoms with E-state index < -0.39 is 0 Å². The average Bonchev–Trinajstić information content (AvgIpc) is 2.98. The molecule has 0 aliphatic carbocycles. The van der Waals surface area contributed by atoms with Crippen molar-refractivity contribution in [1.82, 2.24) is 9.38 Å². The maximum Gasteiger partial charge on any atom is 0.195 e. The molecule has 0 saturated heterocycles. The van der Waals surface area contributed by atoms with Crippen molar-refractivity contribution in [2.24, 2.45) is 0 Å². The molecule has 5 heteroatoms. The Morgan fingerprint density at radius 1 is 1.24 bits per heavy atom. The molecule has 0 radical (unpaired) electrons. The number of aliphatic hydroxyl groups is 1. The van der Waals surface area contributed by atoms with E-state index in [4.69, 9.17) is 0 Å². The Kier molecular flexibility index (Phi) is 3.82. The molecule has 0 fully saturated rings. The summed E-state index contributed by atoms with van der Waals surface area (Å²) >= 11 is 3.18. The molecule has 3 aromatic rings. The van der Waals surface area contributed by atoms with Crippen LogP contribution < -0.4 is 0 Å². The molecule has 0 aliphatic heterocycles. The van der Waals surface area contributed by atoms with Crippen LogP contribution >= 0.6 is 23.1 Å². The molecule has 0 atom stereocenters. The number of nitrogens with zero attached hydrogens (tertiary/aromatic N) is 2. The minimum atomic E-state index is 0.000306. The Bertz CT molecular complexity index is 751. The summed E-state index contributed by atoms with van der Waals surface area (Å²) in [4.78, 5) is 6.66. The van der Waals surface area contributed by atoms with E-state index in [1.807, 2.05) is 16.0 Å². The molecular formula is C16H18N2OS2. The summed E-state index contributed by atoms with van der Waals surface area (Å²) in [5.74, 6) is 0. The number of hydrogen-bond donors (Lipinski definition) is 1. The van der Waals surface area contributed by atoms with Crippen LogP contribution in [0.5, 0.6) is 0 Å². The molecule has 2 aromatic heterocycles. The molecule has 3 rings (SSSR count). The van der Waals surface area contributed by atoms with Crippen LogP contribution in [-0.2, 0) is 12.0 Å². The Hall–Kier alpha value is -1.30. The van der Waals surface area contributed by atoms with Gasteiger partial charge < -0.3 is 5.11 Å². The van der Waals surface area contributed by atoms with Crippen LogP contribution in [0.4, 0.5) is 0 Å². The second-order valence-electron chi connectivity index (χ2n) is 5.95. The van der Waals surface area contributed by atoms with E-state index in [0.29, 0.717) is 0 Å². The standard InChI is InChI=1S/C16H18N2OS2/c1-16(2,3)11-4-6-12(7-5-11)21-14-13(10-19)18-8-9-20-15(18)17-14/h4-9,19H,10H2,1-3H3. The quantitative estimate of drug-likeness (QED) is 0.780. The van der Waals surface area contributed by atoms with Gasteiger partial charge in [0.15, 0.2) is 4.96 Å². The molecule has 0 saturated carbocycles.